The first-order valence-corrected chi connectivity index (χ1v) is 8.44. The zero-order valence-corrected chi connectivity index (χ0v) is 13.9. The van der Waals surface area contributed by atoms with Crippen LogP contribution in [0.15, 0.2) is 42.6 Å². The number of pyridine rings is 1. The molecule has 1 aromatic heterocycles. The number of nitrogens with one attached hydrogen (secondary N) is 1. The van der Waals surface area contributed by atoms with Gasteiger partial charge < -0.3 is 14.8 Å². The molecule has 1 fully saturated rings. The minimum Gasteiger partial charge on any atom is -0.488 e. The Morgan fingerprint density at radius 1 is 1.21 bits per heavy atom. The predicted octanol–water partition coefficient (Wildman–Crippen LogP) is 3.39. The van der Waals surface area contributed by atoms with Crippen molar-refractivity contribution >= 4 is 0 Å². The molecule has 1 saturated heterocycles. The van der Waals surface area contributed by atoms with Gasteiger partial charge in [0.05, 0.1) is 13.2 Å². The van der Waals surface area contributed by atoms with Gasteiger partial charge in [0, 0.05) is 18.7 Å². The van der Waals surface area contributed by atoms with Crippen molar-refractivity contribution in [2.24, 2.45) is 5.92 Å². The summed E-state index contributed by atoms with van der Waals surface area (Å²) >= 11 is 0. The quantitative estimate of drug-likeness (QED) is 0.882. The number of hydrogen-bond acceptors (Lipinski definition) is 4. The topological polar surface area (TPSA) is 43.4 Å². The van der Waals surface area contributed by atoms with Crippen LogP contribution in [0.4, 0.5) is 4.39 Å². The minimum absolute atomic E-state index is 0.197. The predicted molar refractivity (Wildman–Crippen MR) is 91.0 cm³/mol. The summed E-state index contributed by atoms with van der Waals surface area (Å²) in [5.74, 6) is 1.68. The summed E-state index contributed by atoms with van der Waals surface area (Å²) in [7, 11) is 0. The van der Waals surface area contributed by atoms with E-state index in [0.29, 0.717) is 36.7 Å². The Kier molecular flexibility index (Phi) is 5.64. The number of hydrogen-bond donors (Lipinski definition) is 1. The molecule has 0 unspecified atom stereocenters. The molecule has 1 N–H and O–H groups in total. The van der Waals surface area contributed by atoms with Crippen LogP contribution in [0.25, 0.3) is 0 Å². The molecule has 5 heteroatoms. The second-order valence-corrected chi connectivity index (χ2v) is 5.96. The molecule has 4 nitrogen and oxygen atoms in total. The molecule has 2 aromatic rings. The molecule has 0 saturated carbocycles. The molecular formula is C19H23FN2O2. The summed E-state index contributed by atoms with van der Waals surface area (Å²) in [6.07, 6.45) is 2.71. The van der Waals surface area contributed by atoms with Gasteiger partial charge in [-0.3, -0.25) is 0 Å². The maximum atomic E-state index is 13.2. The molecule has 1 aliphatic rings. The van der Waals surface area contributed by atoms with Gasteiger partial charge in [-0.05, 0) is 55.6 Å². The van der Waals surface area contributed by atoms with Gasteiger partial charge in [0.25, 0.3) is 5.88 Å². The van der Waals surface area contributed by atoms with E-state index in [1.807, 2.05) is 31.2 Å². The number of halogens is 1. The van der Waals surface area contributed by atoms with Gasteiger partial charge >= 0.3 is 0 Å². The molecule has 0 spiro atoms. The van der Waals surface area contributed by atoms with Crippen molar-refractivity contribution in [3.63, 3.8) is 0 Å². The molecular weight excluding hydrogens is 307 g/mol. The van der Waals surface area contributed by atoms with Crippen LogP contribution in [0.2, 0.25) is 0 Å². The lowest BCUT2D eigenvalue weighted by atomic mass is 9.81. The third-order valence-electron chi connectivity index (χ3n) is 4.38. The van der Waals surface area contributed by atoms with Crippen LogP contribution in [0, 0.1) is 11.7 Å². The number of nitrogens with zero attached hydrogens (tertiary/aromatic N) is 1. The Bertz CT molecular complexity index is 648. The summed E-state index contributed by atoms with van der Waals surface area (Å²) in [4.78, 5) is 4.21. The van der Waals surface area contributed by atoms with Crippen LogP contribution >= 0.6 is 0 Å². The summed E-state index contributed by atoms with van der Waals surface area (Å²) < 4.78 is 24.7. The largest absolute Gasteiger partial charge is 0.488 e. The maximum absolute atomic E-state index is 13.2. The van der Waals surface area contributed by atoms with Gasteiger partial charge in [0.2, 0.25) is 0 Å². The highest BCUT2D eigenvalue weighted by molar-refractivity contribution is 5.32. The van der Waals surface area contributed by atoms with Crippen LogP contribution in [0.1, 0.15) is 24.8 Å². The summed E-state index contributed by atoms with van der Waals surface area (Å²) in [6.45, 7) is 4.90. The number of ether oxygens (including phenoxy) is 2. The highest BCUT2D eigenvalue weighted by Gasteiger charge is 2.27. The van der Waals surface area contributed by atoms with Gasteiger partial charge in [0.1, 0.15) is 5.82 Å². The van der Waals surface area contributed by atoms with E-state index in [1.165, 1.54) is 17.7 Å². The van der Waals surface area contributed by atoms with Gasteiger partial charge in [-0.1, -0.05) is 12.1 Å². The lowest BCUT2D eigenvalue weighted by molar-refractivity contribution is 0.187. The first-order chi connectivity index (χ1) is 11.8. The van der Waals surface area contributed by atoms with E-state index < -0.39 is 0 Å². The van der Waals surface area contributed by atoms with E-state index in [4.69, 9.17) is 9.47 Å². The van der Waals surface area contributed by atoms with E-state index in [-0.39, 0.29) is 5.82 Å². The zero-order chi connectivity index (χ0) is 16.8. The fraction of sp³-hybridized carbons (Fsp3) is 0.421. The second kappa shape index (κ2) is 8.11. The first-order valence-electron chi connectivity index (χ1n) is 8.44. The SMILES string of the molecule is CCOc1ncccc1OC[C@@H]1CNCC[C@@H]1c1ccc(F)cc1. The summed E-state index contributed by atoms with van der Waals surface area (Å²) in [5, 5.41) is 3.42. The number of aromatic nitrogens is 1. The Morgan fingerprint density at radius 2 is 2.04 bits per heavy atom. The lowest BCUT2D eigenvalue weighted by Gasteiger charge is -2.32. The number of rotatable bonds is 6. The average molecular weight is 330 g/mol. The molecule has 1 aromatic carbocycles. The molecule has 2 atom stereocenters. The van der Waals surface area contributed by atoms with E-state index >= 15 is 0 Å². The van der Waals surface area contributed by atoms with Crippen LogP contribution < -0.4 is 14.8 Å². The Hall–Kier alpha value is -2.14. The second-order valence-electron chi connectivity index (χ2n) is 5.96. The Labute approximate surface area is 142 Å². The molecule has 0 amide bonds. The fourth-order valence-electron chi connectivity index (χ4n) is 3.17. The Morgan fingerprint density at radius 3 is 2.83 bits per heavy atom. The molecule has 1 aliphatic heterocycles. The summed E-state index contributed by atoms with van der Waals surface area (Å²) in [5.41, 5.74) is 1.17. The lowest BCUT2D eigenvalue weighted by Crippen LogP contribution is -2.38. The molecule has 2 heterocycles. The molecule has 0 bridgehead atoms. The van der Waals surface area contributed by atoms with Gasteiger partial charge in [-0.15, -0.1) is 0 Å². The van der Waals surface area contributed by atoms with Crippen molar-refractivity contribution in [3.05, 3.63) is 54.0 Å². The van der Waals surface area contributed by atoms with Gasteiger partial charge in [-0.25, -0.2) is 9.37 Å². The van der Waals surface area contributed by atoms with Crippen LogP contribution in [-0.2, 0) is 0 Å². The highest BCUT2D eigenvalue weighted by atomic mass is 19.1. The normalized spacial score (nSPS) is 20.6. The van der Waals surface area contributed by atoms with Crippen molar-refractivity contribution in [2.45, 2.75) is 19.3 Å². The third-order valence-corrected chi connectivity index (χ3v) is 4.38. The maximum Gasteiger partial charge on any atom is 0.256 e. The van der Waals surface area contributed by atoms with Crippen LogP contribution in [0.5, 0.6) is 11.6 Å². The smallest absolute Gasteiger partial charge is 0.256 e. The molecule has 0 radical (unpaired) electrons. The van der Waals surface area contributed by atoms with Crippen molar-refractivity contribution in [3.8, 4) is 11.6 Å². The van der Waals surface area contributed by atoms with Crippen LogP contribution in [-0.4, -0.2) is 31.3 Å². The van der Waals surface area contributed by atoms with Crippen LogP contribution in [0.3, 0.4) is 0 Å². The van der Waals surface area contributed by atoms with E-state index in [9.17, 15) is 4.39 Å². The third kappa shape index (κ3) is 4.03. The highest BCUT2D eigenvalue weighted by Crippen LogP contribution is 2.32. The fourth-order valence-corrected chi connectivity index (χ4v) is 3.17. The molecule has 128 valence electrons. The monoisotopic (exact) mass is 330 g/mol. The van der Waals surface area contributed by atoms with E-state index in [2.05, 4.69) is 10.3 Å². The minimum atomic E-state index is -0.197. The van der Waals surface area contributed by atoms with Crippen molar-refractivity contribution < 1.29 is 13.9 Å². The van der Waals surface area contributed by atoms with Gasteiger partial charge in [0.15, 0.2) is 5.75 Å². The molecule has 24 heavy (non-hydrogen) atoms. The average Bonchev–Trinajstić information content (AvgIpc) is 2.62. The summed E-state index contributed by atoms with van der Waals surface area (Å²) in [6, 6.07) is 10.5. The van der Waals surface area contributed by atoms with Crippen molar-refractivity contribution in [2.75, 3.05) is 26.3 Å². The van der Waals surface area contributed by atoms with Gasteiger partial charge in [-0.2, -0.15) is 0 Å². The number of piperidine rings is 1. The molecule has 0 aliphatic carbocycles. The van der Waals surface area contributed by atoms with E-state index in [0.717, 1.165) is 19.5 Å². The van der Waals surface area contributed by atoms with Crippen molar-refractivity contribution in [1.82, 2.24) is 10.3 Å². The standard InChI is InChI=1S/C19H23FN2O2/c1-2-23-19-18(4-3-10-22-19)24-13-15-12-21-11-9-17(15)14-5-7-16(20)8-6-14/h3-8,10,15,17,21H,2,9,11-13H2,1H3/t15-,17+/m0/s1. The van der Waals surface area contributed by atoms with Crippen molar-refractivity contribution in [1.29, 1.82) is 0 Å². The number of benzene rings is 1. The zero-order valence-electron chi connectivity index (χ0n) is 13.9. The Balaban J connectivity index is 1.69. The first kappa shape index (κ1) is 16.7. The van der Waals surface area contributed by atoms with E-state index in [1.54, 1.807) is 6.20 Å². The molecule has 3 rings (SSSR count).